The number of benzene rings is 2. The minimum Gasteiger partial charge on any atom is -0.421 e. The molecule has 0 heterocycles. The van der Waals surface area contributed by atoms with E-state index in [0.717, 1.165) is 0 Å². The third kappa shape index (κ3) is 5.00. The number of primary amides is 1. The van der Waals surface area contributed by atoms with E-state index in [4.69, 9.17) is 62.6 Å². The van der Waals surface area contributed by atoms with Crippen LogP contribution in [-0.4, -0.2) is 11.9 Å². The highest BCUT2D eigenvalue weighted by Crippen LogP contribution is 2.37. The summed E-state index contributed by atoms with van der Waals surface area (Å²) in [6, 6.07) is 6.27. The van der Waals surface area contributed by atoms with Gasteiger partial charge in [-0.15, -0.1) is 0 Å². The summed E-state index contributed by atoms with van der Waals surface area (Å²) in [5.41, 5.74) is 11.5. The van der Waals surface area contributed by atoms with Crippen LogP contribution in [0.3, 0.4) is 0 Å². The van der Waals surface area contributed by atoms with Crippen LogP contribution in [0.5, 0.6) is 5.75 Å². The molecule has 2 aromatic rings. The van der Waals surface area contributed by atoms with Crippen LogP contribution in [0.4, 0.5) is 0 Å². The molecule has 0 spiro atoms. The number of amides is 1. The van der Waals surface area contributed by atoms with Crippen LogP contribution >= 0.6 is 46.4 Å². The van der Waals surface area contributed by atoms with Crippen molar-refractivity contribution in [3.8, 4) is 5.75 Å². The van der Waals surface area contributed by atoms with E-state index in [1.54, 1.807) is 0 Å². The zero-order valence-corrected chi connectivity index (χ0v) is 15.6. The lowest BCUT2D eigenvalue weighted by Gasteiger charge is -2.17. The molecule has 2 aromatic carbocycles. The lowest BCUT2D eigenvalue weighted by atomic mass is 10.0. The normalized spacial score (nSPS) is 11.9. The van der Waals surface area contributed by atoms with Crippen LogP contribution < -0.4 is 16.2 Å². The zero-order chi connectivity index (χ0) is 18.7. The van der Waals surface area contributed by atoms with Crippen molar-refractivity contribution in [1.82, 2.24) is 0 Å². The van der Waals surface area contributed by atoms with Gasteiger partial charge in [0.25, 0.3) is 0 Å². The summed E-state index contributed by atoms with van der Waals surface area (Å²) in [5, 5.41) is 0.834. The molecule has 1 atom stereocenters. The number of hydrogen-bond donors (Lipinski definition) is 2. The van der Waals surface area contributed by atoms with Crippen molar-refractivity contribution in [3.63, 3.8) is 0 Å². The molecule has 0 radical (unpaired) electrons. The number of hydrogen-bond acceptors (Lipinski definition) is 4. The fourth-order valence-corrected chi connectivity index (χ4v) is 2.91. The van der Waals surface area contributed by atoms with Crippen molar-refractivity contribution in [2.45, 2.75) is 12.5 Å². The Morgan fingerprint density at radius 3 is 2.28 bits per heavy atom. The van der Waals surface area contributed by atoms with Gasteiger partial charge in [-0.3, -0.25) is 4.79 Å². The van der Waals surface area contributed by atoms with E-state index < -0.39 is 17.9 Å². The van der Waals surface area contributed by atoms with E-state index in [1.165, 1.54) is 30.3 Å². The Balaban J connectivity index is 2.39. The van der Waals surface area contributed by atoms with E-state index in [9.17, 15) is 9.59 Å². The molecule has 2 rings (SSSR count). The van der Waals surface area contributed by atoms with Crippen molar-refractivity contribution in [2.24, 2.45) is 11.5 Å². The summed E-state index contributed by atoms with van der Waals surface area (Å²) < 4.78 is 5.35. The van der Waals surface area contributed by atoms with E-state index in [1.807, 2.05) is 0 Å². The highest BCUT2D eigenvalue weighted by atomic mass is 35.5. The summed E-state index contributed by atoms with van der Waals surface area (Å²) in [5.74, 6) is -1.35. The molecule has 0 aliphatic rings. The van der Waals surface area contributed by atoms with Crippen LogP contribution in [0.1, 0.15) is 28.4 Å². The van der Waals surface area contributed by atoms with Crippen LogP contribution in [-0.2, 0) is 4.79 Å². The fraction of sp³-hybridized carbons (Fsp3) is 0.125. The molecule has 9 heteroatoms. The minimum atomic E-state index is -0.842. The molecule has 5 nitrogen and oxygen atoms in total. The average Bonchev–Trinajstić information content (AvgIpc) is 2.51. The van der Waals surface area contributed by atoms with Gasteiger partial charge < -0.3 is 16.2 Å². The molecule has 25 heavy (non-hydrogen) atoms. The highest BCUT2D eigenvalue weighted by molar-refractivity contribution is 6.42. The minimum absolute atomic E-state index is 0.00381. The first-order valence-electron chi connectivity index (χ1n) is 6.89. The number of ether oxygens (including phenoxy) is 1. The van der Waals surface area contributed by atoms with Crippen molar-refractivity contribution in [1.29, 1.82) is 0 Å². The van der Waals surface area contributed by atoms with Crippen molar-refractivity contribution in [2.75, 3.05) is 0 Å². The molecule has 0 aromatic heterocycles. The van der Waals surface area contributed by atoms with Gasteiger partial charge in [-0.2, -0.15) is 0 Å². The molecule has 4 N–H and O–H groups in total. The third-order valence-corrected chi connectivity index (χ3v) is 4.45. The highest BCUT2D eigenvalue weighted by Gasteiger charge is 2.21. The number of esters is 1. The van der Waals surface area contributed by atoms with Gasteiger partial charge in [-0.1, -0.05) is 46.4 Å². The molecule has 0 fully saturated rings. The SMILES string of the molecule is NC(=O)CC(N)c1cc(Cl)cc(Cl)c1OC(=O)c1ccc(Cl)c(Cl)c1. The largest absolute Gasteiger partial charge is 0.421 e. The van der Waals surface area contributed by atoms with Crippen molar-refractivity contribution < 1.29 is 14.3 Å². The van der Waals surface area contributed by atoms with Gasteiger partial charge in [-0.25, -0.2) is 4.79 Å². The number of nitrogens with two attached hydrogens (primary N) is 2. The van der Waals surface area contributed by atoms with E-state index >= 15 is 0 Å². The maximum atomic E-state index is 12.4. The predicted octanol–water partition coefficient (Wildman–Crippen LogP) is 4.39. The maximum absolute atomic E-state index is 12.4. The fourth-order valence-electron chi connectivity index (χ4n) is 2.06. The number of carbonyl (C=O) groups excluding carboxylic acids is 2. The Morgan fingerprint density at radius 2 is 1.68 bits per heavy atom. The Hall–Kier alpha value is -1.50. The van der Waals surface area contributed by atoms with Crippen molar-refractivity contribution in [3.05, 3.63) is 61.5 Å². The van der Waals surface area contributed by atoms with Gasteiger partial charge >= 0.3 is 5.97 Å². The average molecular weight is 422 g/mol. The number of halogens is 4. The molecular formula is C16H12Cl4N2O3. The standard InChI is InChI=1S/C16H12Cl4N2O3/c17-8-4-9(13(21)6-14(22)23)15(12(20)5-8)25-16(24)7-1-2-10(18)11(19)3-7/h1-5,13H,6,21H2,(H2,22,23). The van der Waals surface area contributed by atoms with Crippen LogP contribution in [0, 0.1) is 0 Å². The number of carbonyl (C=O) groups is 2. The van der Waals surface area contributed by atoms with Gasteiger partial charge in [0.2, 0.25) is 5.91 Å². The zero-order valence-electron chi connectivity index (χ0n) is 12.6. The van der Waals surface area contributed by atoms with Crippen LogP contribution in [0.15, 0.2) is 30.3 Å². The predicted molar refractivity (Wildman–Crippen MR) is 98.6 cm³/mol. The maximum Gasteiger partial charge on any atom is 0.343 e. The summed E-state index contributed by atoms with van der Waals surface area (Å²) in [7, 11) is 0. The summed E-state index contributed by atoms with van der Waals surface area (Å²) in [6.45, 7) is 0. The van der Waals surface area contributed by atoms with Crippen LogP contribution in [0.2, 0.25) is 20.1 Å². The van der Waals surface area contributed by atoms with E-state index in [2.05, 4.69) is 0 Å². The Morgan fingerprint density at radius 1 is 1.00 bits per heavy atom. The van der Waals surface area contributed by atoms with Crippen molar-refractivity contribution >= 4 is 58.3 Å². The molecule has 1 amide bonds. The summed E-state index contributed by atoms with van der Waals surface area (Å²) in [4.78, 5) is 23.5. The molecule has 0 bridgehead atoms. The monoisotopic (exact) mass is 420 g/mol. The second-order valence-corrected chi connectivity index (χ2v) is 6.76. The Kier molecular flexibility index (Phi) is 6.54. The van der Waals surface area contributed by atoms with Crippen LogP contribution in [0.25, 0.3) is 0 Å². The second-order valence-electron chi connectivity index (χ2n) is 5.10. The number of rotatable bonds is 5. The summed E-state index contributed by atoms with van der Waals surface area (Å²) in [6.07, 6.45) is -0.173. The van der Waals surface area contributed by atoms with Gasteiger partial charge in [0.15, 0.2) is 5.75 Å². The topological polar surface area (TPSA) is 95.4 Å². The second kappa shape index (κ2) is 8.25. The van der Waals surface area contributed by atoms with Gasteiger partial charge in [-0.05, 0) is 30.3 Å². The Labute approximate surface area is 163 Å². The smallest absolute Gasteiger partial charge is 0.343 e. The van der Waals surface area contributed by atoms with E-state index in [0.29, 0.717) is 5.02 Å². The van der Waals surface area contributed by atoms with Gasteiger partial charge in [0.05, 0.1) is 20.6 Å². The lowest BCUT2D eigenvalue weighted by Crippen LogP contribution is -2.22. The molecule has 0 aliphatic carbocycles. The molecular weight excluding hydrogens is 410 g/mol. The lowest BCUT2D eigenvalue weighted by molar-refractivity contribution is -0.118. The molecule has 1 unspecified atom stereocenters. The Bertz CT molecular complexity index is 842. The molecule has 132 valence electrons. The first kappa shape index (κ1) is 19.8. The quantitative estimate of drug-likeness (QED) is 0.552. The first-order valence-corrected chi connectivity index (χ1v) is 8.40. The molecule has 0 saturated carbocycles. The van der Waals surface area contributed by atoms with E-state index in [-0.39, 0.29) is 38.4 Å². The van der Waals surface area contributed by atoms with Gasteiger partial charge in [0, 0.05) is 23.0 Å². The van der Waals surface area contributed by atoms with Gasteiger partial charge in [0.1, 0.15) is 0 Å². The summed E-state index contributed by atoms with van der Waals surface area (Å²) >= 11 is 23.8. The third-order valence-electron chi connectivity index (χ3n) is 3.21. The first-order chi connectivity index (χ1) is 11.7. The molecule has 0 aliphatic heterocycles. The molecule has 0 saturated heterocycles.